The van der Waals surface area contributed by atoms with E-state index in [2.05, 4.69) is 32.9 Å². The van der Waals surface area contributed by atoms with E-state index >= 15 is 0 Å². The summed E-state index contributed by atoms with van der Waals surface area (Å²) in [5, 5.41) is 3.24. The van der Waals surface area contributed by atoms with Crippen molar-refractivity contribution in [1.82, 2.24) is 10.2 Å². The van der Waals surface area contributed by atoms with Crippen LogP contribution in [0, 0.1) is 0 Å². The SMILES string of the molecule is CCOC(=O)N(C)C(CC)CNC(=N/C)/C(C)=C(\N)I. The Bertz CT molecular complexity index is 379. The first-order valence-corrected chi connectivity index (χ1v) is 7.69. The molecule has 0 saturated carbocycles. The topological polar surface area (TPSA) is 80.0 Å². The number of amides is 1. The van der Waals surface area contributed by atoms with E-state index in [0.717, 1.165) is 17.8 Å². The predicted octanol–water partition coefficient (Wildman–Crippen LogP) is 2.10. The molecule has 1 unspecified atom stereocenters. The van der Waals surface area contributed by atoms with Crippen molar-refractivity contribution in [3.8, 4) is 0 Å². The lowest BCUT2D eigenvalue weighted by Crippen LogP contribution is -2.45. The van der Waals surface area contributed by atoms with Gasteiger partial charge in [-0.25, -0.2) is 4.79 Å². The Balaban J connectivity index is 4.67. The fraction of sp³-hybridized carbons (Fsp3) is 0.692. The second kappa shape index (κ2) is 9.84. The largest absolute Gasteiger partial charge is 0.450 e. The molecule has 7 heteroatoms. The number of hydrogen-bond donors (Lipinski definition) is 2. The smallest absolute Gasteiger partial charge is 0.409 e. The van der Waals surface area contributed by atoms with E-state index in [1.165, 1.54) is 0 Å². The fourth-order valence-corrected chi connectivity index (χ4v) is 1.89. The Morgan fingerprint density at radius 1 is 1.50 bits per heavy atom. The summed E-state index contributed by atoms with van der Waals surface area (Å²) < 4.78 is 5.70. The molecule has 1 amide bonds. The zero-order chi connectivity index (χ0) is 15.7. The van der Waals surface area contributed by atoms with Crippen molar-refractivity contribution in [3.05, 3.63) is 9.28 Å². The maximum atomic E-state index is 11.7. The number of amidine groups is 1. The molecule has 1 atom stereocenters. The van der Waals surface area contributed by atoms with Crippen LogP contribution < -0.4 is 11.1 Å². The Kier molecular flexibility index (Phi) is 9.35. The molecular formula is C13H25IN4O2. The number of rotatable bonds is 6. The average Bonchev–Trinajstić information content (AvgIpc) is 2.42. The maximum Gasteiger partial charge on any atom is 0.409 e. The molecule has 0 fully saturated rings. The summed E-state index contributed by atoms with van der Waals surface area (Å²) >= 11 is 2.06. The number of aliphatic imine (C=N–C) groups is 1. The van der Waals surface area contributed by atoms with Crippen LogP contribution in [0.1, 0.15) is 27.2 Å². The molecule has 0 aliphatic rings. The van der Waals surface area contributed by atoms with E-state index in [1.807, 2.05) is 13.8 Å². The molecule has 0 heterocycles. The quantitative estimate of drug-likeness (QED) is 0.312. The highest BCUT2D eigenvalue weighted by Gasteiger charge is 2.19. The summed E-state index contributed by atoms with van der Waals surface area (Å²) in [6, 6.07) is 0.0361. The third-order valence-corrected chi connectivity index (χ3v) is 3.83. The third kappa shape index (κ3) is 5.98. The van der Waals surface area contributed by atoms with Crippen LogP contribution in [-0.4, -0.2) is 50.1 Å². The molecular weight excluding hydrogens is 371 g/mol. The third-order valence-electron chi connectivity index (χ3n) is 3.02. The van der Waals surface area contributed by atoms with Gasteiger partial charge in [-0.05, 0) is 42.9 Å². The highest BCUT2D eigenvalue weighted by atomic mass is 127. The number of likely N-dealkylation sites (N-methyl/N-ethyl adjacent to an activating group) is 1. The summed E-state index contributed by atoms with van der Waals surface area (Å²) in [5.74, 6) is 0.743. The number of carbonyl (C=O) groups excluding carboxylic acids is 1. The number of hydrogen-bond acceptors (Lipinski definition) is 4. The molecule has 6 nitrogen and oxygen atoms in total. The van der Waals surface area contributed by atoms with Crippen molar-refractivity contribution in [3.63, 3.8) is 0 Å². The molecule has 0 aromatic rings. The highest BCUT2D eigenvalue weighted by Crippen LogP contribution is 2.08. The lowest BCUT2D eigenvalue weighted by atomic mass is 10.2. The van der Waals surface area contributed by atoms with Crippen molar-refractivity contribution in [2.24, 2.45) is 10.7 Å². The molecule has 20 heavy (non-hydrogen) atoms. The van der Waals surface area contributed by atoms with E-state index in [-0.39, 0.29) is 12.1 Å². The number of nitrogens with one attached hydrogen (secondary N) is 1. The molecule has 0 rings (SSSR count). The lowest BCUT2D eigenvalue weighted by molar-refractivity contribution is 0.101. The normalized spacial score (nSPS) is 14.4. The summed E-state index contributed by atoms with van der Waals surface area (Å²) in [6.07, 6.45) is 0.513. The molecule has 0 saturated heterocycles. The molecule has 3 N–H and O–H groups in total. The first-order chi connectivity index (χ1) is 9.38. The van der Waals surface area contributed by atoms with E-state index in [9.17, 15) is 4.79 Å². The number of carbonyl (C=O) groups is 1. The van der Waals surface area contributed by atoms with Gasteiger partial charge in [0.25, 0.3) is 0 Å². The van der Waals surface area contributed by atoms with Crippen LogP contribution in [-0.2, 0) is 4.74 Å². The van der Waals surface area contributed by atoms with Gasteiger partial charge in [-0.3, -0.25) is 4.99 Å². The van der Waals surface area contributed by atoms with Gasteiger partial charge in [-0.2, -0.15) is 0 Å². The number of ether oxygens (including phenoxy) is 1. The van der Waals surface area contributed by atoms with Crippen LogP contribution in [0.5, 0.6) is 0 Å². The second-order valence-corrected chi connectivity index (χ2v) is 5.46. The van der Waals surface area contributed by atoms with E-state index < -0.39 is 0 Å². The monoisotopic (exact) mass is 396 g/mol. The van der Waals surface area contributed by atoms with Gasteiger partial charge in [0.1, 0.15) is 5.84 Å². The molecule has 116 valence electrons. The van der Waals surface area contributed by atoms with Crippen molar-refractivity contribution in [1.29, 1.82) is 0 Å². The van der Waals surface area contributed by atoms with Gasteiger partial charge in [-0.1, -0.05) is 6.92 Å². The van der Waals surface area contributed by atoms with Crippen molar-refractivity contribution >= 4 is 34.5 Å². The zero-order valence-electron chi connectivity index (χ0n) is 12.9. The van der Waals surface area contributed by atoms with Crippen molar-refractivity contribution in [2.45, 2.75) is 33.2 Å². The standard InChI is InChI=1S/C13H25IN4O2/c1-6-10(18(5)13(19)20-7-2)8-17-12(16-4)9(3)11(14)15/h10H,6-8,15H2,1-5H3,(H,16,17)/b11-9-. The Labute approximate surface area is 135 Å². The van der Waals surface area contributed by atoms with Crippen LogP contribution in [0.3, 0.4) is 0 Å². The van der Waals surface area contributed by atoms with Crippen molar-refractivity contribution in [2.75, 3.05) is 27.2 Å². The minimum atomic E-state index is -0.309. The summed E-state index contributed by atoms with van der Waals surface area (Å²) in [6.45, 7) is 6.71. The molecule has 0 aliphatic heterocycles. The average molecular weight is 396 g/mol. The van der Waals surface area contributed by atoms with Crippen LogP contribution in [0.2, 0.25) is 0 Å². The minimum Gasteiger partial charge on any atom is -0.450 e. The van der Waals surface area contributed by atoms with Gasteiger partial charge in [-0.15, -0.1) is 0 Å². The van der Waals surface area contributed by atoms with Gasteiger partial charge in [0.15, 0.2) is 0 Å². The summed E-state index contributed by atoms with van der Waals surface area (Å²) in [5.41, 5.74) is 6.66. The number of nitrogens with two attached hydrogens (primary N) is 1. The maximum absolute atomic E-state index is 11.7. The molecule has 0 spiro atoms. The minimum absolute atomic E-state index is 0.0361. The van der Waals surface area contributed by atoms with Crippen LogP contribution in [0.15, 0.2) is 14.3 Å². The van der Waals surface area contributed by atoms with E-state index in [4.69, 9.17) is 10.5 Å². The fourth-order valence-electron chi connectivity index (χ4n) is 1.64. The van der Waals surface area contributed by atoms with Gasteiger partial charge in [0.05, 0.1) is 16.4 Å². The zero-order valence-corrected chi connectivity index (χ0v) is 15.0. The lowest BCUT2D eigenvalue weighted by Gasteiger charge is -2.27. The van der Waals surface area contributed by atoms with Crippen molar-refractivity contribution < 1.29 is 9.53 Å². The molecule has 0 aromatic carbocycles. The first kappa shape index (κ1) is 19.0. The van der Waals surface area contributed by atoms with Gasteiger partial charge < -0.3 is 20.7 Å². The predicted molar refractivity (Wildman–Crippen MR) is 91.1 cm³/mol. The first-order valence-electron chi connectivity index (χ1n) is 6.61. The Morgan fingerprint density at radius 3 is 2.50 bits per heavy atom. The molecule has 0 aromatic heterocycles. The number of nitrogens with zero attached hydrogens (tertiary/aromatic N) is 2. The Morgan fingerprint density at radius 2 is 2.10 bits per heavy atom. The summed E-state index contributed by atoms with van der Waals surface area (Å²) in [7, 11) is 3.45. The summed E-state index contributed by atoms with van der Waals surface area (Å²) in [4.78, 5) is 17.5. The van der Waals surface area contributed by atoms with Gasteiger partial charge in [0, 0.05) is 26.2 Å². The van der Waals surface area contributed by atoms with Gasteiger partial charge >= 0.3 is 6.09 Å². The Hall–Kier alpha value is -0.990. The van der Waals surface area contributed by atoms with Crippen LogP contribution in [0.4, 0.5) is 4.79 Å². The molecule has 0 radical (unpaired) electrons. The van der Waals surface area contributed by atoms with E-state index in [0.29, 0.717) is 16.9 Å². The van der Waals surface area contributed by atoms with Gasteiger partial charge in [0.2, 0.25) is 0 Å². The highest BCUT2D eigenvalue weighted by molar-refractivity contribution is 14.1. The number of halogens is 1. The molecule has 0 bridgehead atoms. The van der Waals surface area contributed by atoms with Crippen LogP contribution >= 0.6 is 22.6 Å². The van der Waals surface area contributed by atoms with E-state index in [1.54, 1.807) is 25.9 Å². The van der Waals surface area contributed by atoms with Crippen LogP contribution in [0.25, 0.3) is 0 Å². The molecule has 0 aliphatic carbocycles. The second-order valence-electron chi connectivity index (χ2n) is 4.30.